The fraction of sp³-hybridized carbons (Fsp3) is 0.267. The fourth-order valence-electron chi connectivity index (χ4n) is 4.25. The minimum absolute atomic E-state index is 0.0835. The van der Waals surface area contributed by atoms with E-state index in [2.05, 4.69) is 60.1 Å². The number of carbonyl (C=O) groups excluding carboxylic acids is 1. The number of nitrogens with one attached hydrogen (secondary N) is 1. The first-order valence-corrected chi connectivity index (χ1v) is 12.2. The van der Waals surface area contributed by atoms with Crippen molar-refractivity contribution in [2.75, 3.05) is 36.5 Å². The predicted octanol–water partition coefficient (Wildman–Crippen LogP) is 6.36. The highest BCUT2D eigenvalue weighted by Gasteiger charge is 2.25. The first kappa shape index (κ1) is 24.4. The van der Waals surface area contributed by atoms with E-state index in [4.69, 9.17) is 9.73 Å². The van der Waals surface area contributed by atoms with Crippen LogP contribution in [0.4, 0.5) is 11.4 Å². The number of nitrogens with zero attached hydrogens (tertiary/aromatic N) is 2. The van der Waals surface area contributed by atoms with Crippen LogP contribution in [-0.2, 0) is 9.53 Å². The van der Waals surface area contributed by atoms with Gasteiger partial charge < -0.3 is 15.0 Å². The molecule has 2 heterocycles. The number of hydrogen-bond acceptors (Lipinski definition) is 4. The van der Waals surface area contributed by atoms with E-state index >= 15 is 0 Å². The summed E-state index contributed by atoms with van der Waals surface area (Å²) < 4.78 is 5.45. The Morgan fingerprint density at radius 2 is 1.89 bits per heavy atom. The summed E-state index contributed by atoms with van der Waals surface area (Å²) >= 11 is 0. The van der Waals surface area contributed by atoms with E-state index in [1.807, 2.05) is 38.1 Å². The fourth-order valence-corrected chi connectivity index (χ4v) is 4.25. The molecule has 0 unspecified atom stereocenters. The molecule has 5 heteroatoms. The van der Waals surface area contributed by atoms with Crippen LogP contribution in [0.2, 0.25) is 0 Å². The normalized spacial score (nSPS) is 18.0. The zero-order valence-corrected chi connectivity index (χ0v) is 20.8. The van der Waals surface area contributed by atoms with Gasteiger partial charge in [-0.15, -0.1) is 0 Å². The SMILES string of the molecule is C=CC=C(C)C(C)=NC(=CCC)c1ccc2c(c1)C(=Cc1ccc(N3CCOCC3)cc1)C(=O)N2. The maximum Gasteiger partial charge on any atom is 0.256 e. The standard InChI is InChI=1S/C30H33N3O2/c1-5-7-21(3)22(4)31-28(8-6-2)24-11-14-29-26(20-24)27(30(34)32-29)19-23-9-12-25(13-10-23)33-15-17-35-18-16-33/h5,7-14,19-20H,1,6,15-18H2,2-4H3,(H,32,34). The maximum atomic E-state index is 12.8. The summed E-state index contributed by atoms with van der Waals surface area (Å²) in [6.07, 6.45) is 8.67. The molecule has 1 fully saturated rings. The number of anilines is 2. The lowest BCUT2D eigenvalue weighted by Crippen LogP contribution is -2.36. The van der Waals surface area contributed by atoms with Gasteiger partial charge >= 0.3 is 0 Å². The number of fused-ring (bicyclic) bond motifs is 1. The molecular formula is C30H33N3O2. The monoisotopic (exact) mass is 467 g/mol. The number of rotatable bonds is 7. The lowest BCUT2D eigenvalue weighted by molar-refractivity contribution is -0.110. The van der Waals surface area contributed by atoms with Crippen molar-refractivity contribution in [3.8, 4) is 0 Å². The lowest BCUT2D eigenvalue weighted by atomic mass is 10.00. The van der Waals surface area contributed by atoms with Crippen LogP contribution in [0.15, 0.2) is 77.8 Å². The lowest BCUT2D eigenvalue weighted by Gasteiger charge is -2.28. The average Bonchev–Trinajstić information content (AvgIpc) is 3.19. The molecule has 0 spiro atoms. The van der Waals surface area contributed by atoms with Gasteiger partial charge in [0.05, 0.1) is 18.9 Å². The second kappa shape index (κ2) is 11.2. The number of aliphatic imine (C=N–C) groups is 1. The summed E-state index contributed by atoms with van der Waals surface area (Å²) in [6, 6.07) is 14.4. The number of morpholine rings is 1. The molecule has 5 nitrogen and oxygen atoms in total. The van der Waals surface area contributed by atoms with Gasteiger partial charge in [0.1, 0.15) is 0 Å². The van der Waals surface area contributed by atoms with Gasteiger partial charge in [0, 0.05) is 46.9 Å². The highest BCUT2D eigenvalue weighted by molar-refractivity contribution is 6.35. The summed E-state index contributed by atoms with van der Waals surface area (Å²) in [4.78, 5) is 20.0. The molecule has 0 aromatic heterocycles. The quantitative estimate of drug-likeness (QED) is 0.293. The molecule has 2 aromatic carbocycles. The summed E-state index contributed by atoms with van der Waals surface area (Å²) in [5.41, 5.74) is 8.47. The minimum Gasteiger partial charge on any atom is -0.378 e. The van der Waals surface area contributed by atoms with Crippen molar-refractivity contribution in [1.29, 1.82) is 0 Å². The molecule has 0 atom stereocenters. The first-order chi connectivity index (χ1) is 17.0. The number of ether oxygens (including phenoxy) is 1. The van der Waals surface area contributed by atoms with E-state index in [0.29, 0.717) is 5.57 Å². The van der Waals surface area contributed by atoms with E-state index in [0.717, 1.165) is 72.1 Å². The third-order valence-corrected chi connectivity index (χ3v) is 6.30. The average molecular weight is 468 g/mol. The Morgan fingerprint density at radius 3 is 2.57 bits per heavy atom. The molecule has 180 valence electrons. The van der Waals surface area contributed by atoms with Crippen molar-refractivity contribution in [3.05, 3.63) is 89.5 Å². The van der Waals surface area contributed by atoms with Gasteiger partial charge in [-0.1, -0.05) is 49.9 Å². The first-order valence-electron chi connectivity index (χ1n) is 12.2. The third kappa shape index (κ3) is 5.69. The molecule has 4 rings (SSSR count). The number of carbonyl (C=O) groups is 1. The molecular weight excluding hydrogens is 434 g/mol. The second-order valence-corrected chi connectivity index (χ2v) is 8.74. The number of hydrogen-bond donors (Lipinski definition) is 1. The number of amides is 1. The van der Waals surface area contributed by atoms with Crippen LogP contribution in [0.3, 0.4) is 0 Å². The zero-order valence-electron chi connectivity index (χ0n) is 20.8. The largest absolute Gasteiger partial charge is 0.378 e. The molecule has 1 amide bonds. The Bertz CT molecular complexity index is 1230. The molecule has 0 bridgehead atoms. The Labute approximate surface area is 208 Å². The van der Waals surface area contributed by atoms with Crippen molar-refractivity contribution in [2.45, 2.75) is 27.2 Å². The molecule has 0 radical (unpaired) electrons. The zero-order chi connectivity index (χ0) is 24.8. The van der Waals surface area contributed by atoms with Crippen molar-refractivity contribution in [2.24, 2.45) is 4.99 Å². The van der Waals surface area contributed by atoms with Crippen LogP contribution < -0.4 is 10.2 Å². The minimum atomic E-state index is -0.0835. The van der Waals surface area contributed by atoms with Crippen LogP contribution >= 0.6 is 0 Å². The van der Waals surface area contributed by atoms with E-state index in [1.165, 1.54) is 5.69 Å². The highest BCUT2D eigenvalue weighted by Crippen LogP contribution is 2.36. The van der Waals surface area contributed by atoms with Crippen LogP contribution in [-0.4, -0.2) is 37.9 Å². The van der Waals surface area contributed by atoms with Gasteiger partial charge in [0.15, 0.2) is 0 Å². The van der Waals surface area contributed by atoms with Gasteiger partial charge in [-0.2, -0.15) is 0 Å². The van der Waals surface area contributed by atoms with Crippen molar-refractivity contribution >= 4 is 40.3 Å². The maximum absolute atomic E-state index is 12.8. The molecule has 1 N–H and O–H groups in total. The smallest absolute Gasteiger partial charge is 0.256 e. The molecule has 35 heavy (non-hydrogen) atoms. The highest BCUT2D eigenvalue weighted by atomic mass is 16.5. The Balaban J connectivity index is 1.65. The Morgan fingerprint density at radius 1 is 1.14 bits per heavy atom. The Kier molecular flexibility index (Phi) is 7.78. The van der Waals surface area contributed by atoms with E-state index in [1.54, 1.807) is 6.08 Å². The molecule has 0 aliphatic carbocycles. The van der Waals surface area contributed by atoms with E-state index in [9.17, 15) is 4.79 Å². The predicted molar refractivity (Wildman–Crippen MR) is 148 cm³/mol. The topological polar surface area (TPSA) is 53.9 Å². The summed E-state index contributed by atoms with van der Waals surface area (Å²) in [5.74, 6) is -0.0835. The summed E-state index contributed by atoms with van der Waals surface area (Å²) in [5, 5.41) is 3.00. The summed E-state index contributed by atoms with van der Waals surface area (Å²) in [7, 11) is 0. The molecule has 2 aliphatic heterocycles. The van der Waals surface area contributed by atoms with Crippen molar-refractivity contribution in [3.63, 3.8) is 0 Å². The molecule has 1 saturated heterocycles. The van der Waals surface area contributed by atoms with Gasteiger partial charge in [0.2, 0.25) is 0 Å². The Hall–Kier alpha value is -3.70. The molecule has 0 saturated carbocycles. The van der Waals surface area contributed by atoms with Gasteiger partial charge in [-0.25, -0.2) is 0 Å². The number of benzene rings is 2. The third-order valence-electron chi connectivity index (χ3n) is 6.30. The molecule has 2 aromatic rings. The van der Waals surface area contributed by atoms with Crippen LogP contribution in [0.25, 0.3) is 17.3 Å². The summed E-state index contributed by atoms with van der Waals surface area (Å²) in [6.45, 7) is 13.2. The van der Waals surface area contributed by atoms with Crippen LogP contribution in [0.5, 0.6) is 0 Å². The van der Waals surface area contributed by atoms with Crippen LogP contribution in [0, 0.1) is 0 Å². The van der Waals surface area contributed by atoms with Gasteiger partial charge in [-0.3, -0.25) is 9.79 Å². The van der Waals surface area contributed by atoms with Crippen molar-refractivity contribution < 1.29 is 9.53 Å². The van der Waals surface area contributed by atoms with E-state index < -0.39 is 0 Å². The molecule has 2 aliphatic rings. The second-order valence-electron chi connectivity index (χ2n) is 8.74. The van der Waals surface area contributed by atoms with Gasteiger partial charge in [-0.05, 0) is 61.7 Å². The van der Waals surface area contributed by atoms with Crippen molar-refractivity contribution in [1.82, 2.24) is 0 Å². The van der Waals surface area contributed by atoms with Crippen LogP contribution in [0.1, 0.15) is 43.9 Å². The van der Waals surface area contributed by atoms with Gasteiger partial charge in [0.25, 0.3) is 5.91 Å². The number of allylic oxidation sites excluding steroid dienone is 4. The van der Waals surface area contributed by atoms with E-state index in [-0.39, 0.29) is 5.91 Å².